The van der Waals surface area contributed by atoms with Gasteiger partial charge in [0.15, 0.2) is 0 Å². The van der Waals surface area contributed by atoms with Crippen molar-refractivity contribution in [1.82, 2.24) is 0 Å². The summed E-state index contributed by atoms with van der Waals surface area (Å²) in [5.41, 5.74) is -2.55. The predicted molar refractivity (Wildman–Crippen MR) is 102 cm³/mol. The van der Waals surface area contributed by atoms with Crippen molar-refractivity contribution in [2.24, 2.45) is 5.92 Å². The molecule has 174 valence electrons. The van der Waals surface area contributed by atoms with Gasteiger partial charge in [-0.3, -0.25) is 4.79 Å². The van der Waals surface area contributed by atoms with E-state index >= 15 is 0 Å². The Morgan fingerprint density at radius 3 is 2.39 bits per heavy atom. The highest BCUT2D eigenvalue weighted by Crippen LogP contribution is 2.50. The molecular weight excluding hydrogens is 454 g/mol. The second kappa shape index (κ2) is 8.04. The minimum absolute atomic E-state index is 0.0598. The SMILES string of the molecule is N#Cc1cc(NC(=O)[C@@H]2[C@@H](c3cccc(C(F)(F)F)c3)[C@H]3O[C@@H]2C[C@@H]3O)cc(C(F)(F)F)c1. The maximum absolute atomic E-state index is 13.2. The van der Waals surface area contributed by atoms with E-state index < -0.39 is 59.5 Å². The number of fused-ring (bicyclic) bond motifs is 2. The van der Waals surface area contributed by atoms with Crippen LogP contribution in [0.1, 0.15) is 34.6 Å². The Bertz CT molecular complexity index is 1120. The van der Waals surface area contributed by atoms with Gasteiger partial charge in [-0.25, -0.2) is 0 Å². The molecule has 1 amide bonds. The smallest absolute Gasteiger partial charge is 0.390 e. The Labute approximate surface area is 183 Å². The predicted octanol–water partition coefficient (Wildman–Crippen LogP) is 4.47. The molecule has 4 rings (SSSR count). The van der Waals surface area contributed by atoms with Gasteiger partial charge in [0.1, 0.15) is 0 Å². The highest BCUT2D eigenvalue weighted by atomic mass is 19.4. The van der Waals surface area contributed by atoms with E-state index in [4.69, 9.17) is 10.00 Å². The monoisotopic (exact) mass is 470 g/mol. The van der Waals surface area contributed by atoms with Gasteiger partial charge in [0.2, 0.25) is 5.91 Å². The molecule has 2 aromatic carbocycles. The molecule has 2 aliphatic heterocycles. The zero-order chi connectivity index (χ0) is 24.1. The van der Waals surface area contributed by atoms with Crippen molar-refractivity contribution in [3.63, 3.8) is 0 Å². The van der Waals surface area contributed by atoms with Crippen molar-refractivity contribution in [3.8, 4) is 6.07 Å². The van der Waals surface area contributed by atoms with Crippen LogP contribution in [0.4, 0.5) is 32.0 Å². The van der Waals surface area contributed by atoms with Gasteiger partial charge in [0.05, 0.1) is 47.0 Å². The number of nitriles is 1. The van der Waals surface area contributed by atoms with E-state index in [1.165, 1.54) is 12.1 Å². The molecule has 0 radical (unpaired) electrons. The maximum Gasteiger partial charge on any atom is 0.416 e. The minimum Gasteiger partial charge on any atom is -0.390 e. The van der Waals surface area contributed by atoms with Crippen LogP contribution < -0.4 is 5.32 Å². The number of carbonyl (C=O) groups excluding carboxylic acids is 1. The summed E-state index contributed by atoms with van der Waals surface area (Å²) in [5, 5.41) is 21.6. The summed E-state index contributed by atoms with van der Waals surface area (Å²) in [6.45, 7) is 0. The number of anilines is 1. The molecule has 0 aliphatic carbocycles. The van der Waals surface area contributed by atoms with E-state index in [0.29, 0.717) is 12.1 Å². The van der Waals surface area contributed by atoms with Crippen molar-refractivity contribution < 1.29 is 41.0 Å². The first kappa shape index (κ1) is 23.1. The van der Waals surface area contributed by atoms with Gasteiger partial charge >= 0.3 is 12.4 Å². The molecule has 2 fully saturated rings. The fraction of sp³-hybridized carbons (Fsp3) is 0.364. The first-order valence-corrected chi connectivity index (χ1v) is 9.82. The van der Waals surface area contributed by atoms with Gasteiger partial charge in [-0.2, -0.15) is 31.6 Å². The minimum atomic E-state index is -4.76. The van der Waals surface area contributed by atoms with E-state index in [-0.39, 0.29) is 23.2 Å². The molecular formula is C22H16F6N2O3. The molecule has 2 N–H and O–H groups in total. The molecule has 33 heavy (non-hydrogen) atoms. The zero-order valence-corrected chi connectivity index (χ0v) is 16.6. The molecule has 11 heteroatoms. The Balaban J connectivity index is 1.67. The van der Waals surface area contributed by atoms with Gasteiger partial charge in [-0.05, 0) is 29.8 Å². The van der Waals surface area contributed by atoms with Crippen LogP contribution in [0.15, 0.2) is 42.5 Å². The van der Waals surface area contributed by atoms with Crippen LogP contribution in [0, 0.1) is 17.2 Å². The number of carbonyl (C=O) groups is 1. The molecule has 0 unspecified atom stereocenters. The zero-order valence-electron chi connectivity index (χ0n) is 16.6. The second-order valence-electron chi connectivity index (χ2n) is 8.01. The summed E-state index contributed by atoms with van der Waals surface area (Å²) in [6, 6.07) is 8.27. The number of benzene rings is 2. The molecule has 2 aliphatic rings. The molecule has 2 saturated heterocycles. The third-order valence-electron chi connectivity index (χ3n) is 5.88. The van der Waals surface area contributed by atoms with Crippen molar-refractivity contribution in [2.75, 3.05) is 5.32 Å². The topological polar surface area (TPSA) is 82.4 Å². The molecule has 0 saturated carbocycles. The van der Waals surface area contributed by atoms with Crippen LogP contribution in [0.5, 0.6) is 0 Å². The molecule has 2 aromatic rings. The number of hydrogen-bond donors (Lipinski definition) is 2. The van der Waals surface area contributed by atoms with Crippen LogP contribution >= 0.6 is 0 Å². The number of amides is 1. The lowest BCUT2D eigenvalue weighted by atomic mass is 9.73. The van der Waals surface area contributed by atoms with Crippen molar-refractivity contribution in [3.05, 3.63) is 64.7 Å². The van der Waals surface area contributed by atoms with E-state index in [1.807, 2.05) is 0 Å². The third-order valence-corrected chi connectivity index (χ3v) is 5.88. The Morgan fingerprint density at radius 1 is 1.06 bits per heavy atom. The van der Waals surface area contributed by atoms with Crippen LogP contribution in [-0.4, -0.2) is 29.3 Å². The van der Waals surface area contributed by atoms with Gasteiger partial charge in [-0.1, -0.05) is 18.2 Å². The van der Waals surface area contributed by atoms with Crippen molar-refractivity contribution in [1.29, 1.82) is 5.26 Å². The molecule has 2 heterocycles. The fourth-order valence-electron chi connectivity index (χ4n) is 4.52. The Morgan fingerprint density at radius 2 is 1.76 bits per heavy atom. The van der Waals surface area contributed by atoms with E-state index in [9.17, 15) is 36.2 Å². The Hall–Kier alpha value is -3.10. The maximum atomic E-state index is 13.2. The molecule has 0 spiro atoms. The van der Waals surface area contributed by atoms with Crippen LogP contribution in [0.2, 0.25) is 0 Å². The van der Waals surface area contributed by atoms with Gasteiger partial charge in [0, 0.05) is 18.0 Å². The fourth-order valence-corrected chi connectivity index (χ4v) is 4.52. The number of ether oxygens (including phenoxy) is 1. The van der Waals surface area contributed by atoms with E-state index in [1.54, 1.807) is 6.07 Å². The largest absolute Gasteiger partial charge is 0.416 e. The second-order valence-corrected chi connectivity index (χ2v) is 8.01. The number of rotatable bonds is 3. The Kier molecular flexibility index (Phi) is 5.62. The van der Waals surface area contributed by atoms with Gasteiger partial charge in [0.25, 0.3) is 0 Å². The molecule has 0 aromatic heterocycles. The number of aliphatic hydroxyl groups is 1. The van der Waals surface area contributed by atoms with Gasteiger partial charge < -0.3 is 15.2 Å². The van der Waals surface area contributed by atoms with Crippen LogP contribution in [0.25, 0.3) is 0 Å². The van der Waals surface area contributed by atoms with E-state index in [2.05, 4.69) is 5.32 Å². The number of nitrogens with zero attached hydrogens (tertiary/aromatic N) is 1. The van der Waals surface area contributed by atoms with Crippen LogP contribution in [-0.2, 0) is 21.9 Å². The number of alkyl halides is 6. The number of halogens is 6. The van der Waals surface area contributed by atoms with Gasteiger partial charge in [-0.15, -0.1) is 0 Å². The first-order chi connectivity index (χ1) is 15.4. The number of hydrogen-bond acceptors (Lipinski definition) is 4. The lowest BCUT2D eigenvalue weighted by Crippen LogP contribution is -2.41. The third kappa shape index (κ3) is 4.41. The summed E-state index contributed by atoms with van der Waals surface area (Å²) in [7, 11) is 0. The highest BCUT2D eigenvalue weighted by Gasteiger charge is 2.57. The summed E-state index contributed by atoms with van der Waals surface area (Å²) in [4.78, 5) is 13.1. The van der Waals surface area contributed by atoms with E-state index in [0.717, 1.165) is 18.2 Å². The van der Waals surface area contributed by atoms with Crippen molar-refractivity contribution in [2.45, 2.75) is 43.0 Å². The first-order valence-electron chi connectivity index (χ1n) is 9.82. The van der Waals surface area contributed by atoms with Crippen LogP contribution in [0.3, 0.4) is 0 Å². The highest BCUT2D eigenvalue weighted by molar-refractivity contribution is 5.94. The average Bonchev–Trinajstić information content (AvgIpc) is 3.29. The lowest BCUT2D eigenvalue weighted by Gasteiger charge is -2.30. The van der Waals surface area contributed by atoms with Crippen molar-refractivity contribution >= 4 is 11.6 Å². The standard InChI is InChI=1S/C22H16F6N2O3/c23-21(24,25)12-3-1-2-11(6-12)17-18(16-8-15(31)19(17)33-16)20(32)30-14-5-10(9-29)4-13(7-14)22(26,27)28/h1-7,15-19,31H,8H2,(H,30,32)/t15-,16+,17+,18-,19-/m0/s1. The summed E-state index contributed by atoms with van der Waals surface area (Å²) >= 11 is 0. The normalized spacial score (nSPS) is 26.8. The quantitative estimate of drug-likeness (QED) is 0.649. The molecule has 2 bridgehead atoms. The summed E-state index contributed by atoms with van der Waals surface area (Å²) in [5.74, 6) is -2.77. The number of nitrogens with one attached hydrogen (secondary N) is 1. The average molecular weight is 470 g/mol. The summed E-state index contributed by atoms with van der Waals surface area (Å²) < 4.78 is 84.6. The molecule has 5 nitrogen and oxygen atoms in total. The summed E-state index contributed by atoms with van der Waals surface area (Å²) in [6.07, 6.45) is -12.1. The lowest BCUT2D eigenvalue weighted by molar-refractivity contribution is -0.138. The number of aliphatic hydroxyl groups excluding tert-OH is 1. The molecule has 5 atom stereocenters.